The van der Waals surface area contributed by atoms with Gasteiger partial charge in [0.15, 0.2) is 0 Å². The van der Waals surface area contributed by atoms with Gasteiger partial charge in [-0.2, -0.15) is 5.26 Å². The van der Waals surface area contributed by atoms with Crippen LogP contribution in [0.3, 0.4) is 0 Å². The number of hydrogen-bond acceptors (Lipinski definition) is 2. The zero-order chi connectivity index (χ0) is 12.1. The molecule has 0 aromatic carbocycles. The van der Waals surface area contributed by atoms with Crippen LogP contribution in [0.5, 0.6) is 0 Å². The first kappa shape index (κ1) is 12.7. The second-order valence-corrected chi connectivity index (χ2v) is 6.10. The van der Waals surface area contributed by atoms with E-state index >= 15 is 0 Å². The molecule has 0 spiro atoms. The Morgan fingerprint density at radius 3 is 2.35 bits per heavy atom. The summed E-state index contributed by atoms with van der Waals surface area (Å²) >= 11 is 0. The van der Waals surface area contributed by atoms with Gasteiger partial charge in [0.2, 0.25) is 0 Å². The number of ether oxygens (including phenoxy) is 1. The summed E-state index contributed by atoms with van der Waals surface area (Å²) in [7, 11) is 0. The van der Waals surface area contributed by atoms with E-state index in [2.05, 4.69) is 6.92 Å². The van der Waals surface area contributed by atoms with Crippen molar-refractivity contribution >= 4 is 0 Å². The van der Waals surface area contributed by atoms with Crippen molar-refractivity contribution in [3.63, 3.8) is 0 Å². The summed E-state index contributed by atoms with van der Waals surface area (Å²) in [6.07, 6.45) is 14.0. The van der Waals surface area contributed by atoms with Gasteiger partial charge in [-0.15, -0.1) is 0 Å². The minimum atomic E-state index is 0.225. The third-order valence-electron chi connectivity index (χ3n) is 4.74. The molecule has 0 amide bonds. The fourth-order valence-corrected chi connectivity index (χ4v) is 3.88. The number of hydrogen-bond donors (Lipinski definition) is 0. The monoisotopic (exact) mass is 235 g/mol. The second-order valence-electron chi connectivity index (χ2n) is 6.10. The highest BCUT2D eigenvalue weighted by molar-refractivity contribution is 4.85. The van der Waals surface area contributed by atoms with Gasteiger partial charge in [0.05, 0.1) is 0 Å². The topological polar surface area (TPSA) is 33.0 Å². The SMILES string of the molecule is CC1CCCC(C(OC#N)C2CCCCC2)C1. The van der Waals surface area contributed by atoms with Gasteiger partial charge in [0.1, 0.15) is 6.10 Å². The van der Waals surface area contributed by atoms with E-state index in [0.29, 0.717) is 11.8 Å². The molecule has 0 saturated heterocycles. The summed E-state index contributed by atoms with van der Waals surface area (Å²) in [6, 6.07) is 0. The molecule has 2 heteroatoms. The van der Waals surface area contributed by atoms with Crippen molar-refractivity contribution < 1.29 is 4.74 Å². The summed E-state index contributed by atoms with van der Waals surface area (Å²) in [4.78, 5) is 0. The molecule has 2 saturated carbocycles. The number of nitrogens with zero attached hydrogens (tertiary/aromatic N) is 1. The summed E-state index contributed by atoms with van der Waals surface area (Å²) in [5.41, 5.74) is 0. The van der Waals surface area contributed by atoms with Crippen LogP contribution in [0, 0.1) is 29.3 Å². The Bertz CT molecular complexity index is 265. The molecular weight excluding hydrogens is 210 g/mol. The fourth-order valence-electron chi connectivity index (χ4n) is 3.88. The molecule has 2 aliphatic carbocycles. The Hall–Kier alpha value is -0.710. The Labute approximate surface area is 105 Å². The Morgan fingerprint density at radius 1 is 1.00 bits per heavy atom. The predicted molar refractivity (Wildman–Crippen MR) is 68.2 cm³/mol. The van der Waals surface area contributed by atoms with Crippen LogP contribution in [0.1, 0.15) is 64.7 Å². The largest absolute Gasteiger partial charge is 0.424 e. The van der Waals surface area contributed by atoms with Crippen molar-refractivity contribution in [2.24, 2.45) is 17.8 Å². The van der Waals surface area contributed by atoms with Crippen LogP contribution in [0.2, 0.25) is 0 Å². The van der Waals surface area contributed by atoms with Crippen LogP contribution in [0.15, 0.2) is 0 Å². The van der Waals surface area contributed by atoms with Gasteiger partial charge in [-0.3, -0.25) is 0 Å². The average Bonchev–Trinajstić information content (AvgIpc) is 2.37. The molecule has 3 atom stereocenters. The maximum Gasteiger partial charge on any atom is 0.286 e. The fraction of sp³-hybridized carbons (Fsp3) is 0.933. The van der Waals surface area contributed by atoms with Crippen LogP contribution in [-0.4, -0.2) is 6.10 Å². The zero-order valence-corrected chi connectivity index (χ0v) is 11.0. The van der Waals surface area contributed by atoms with Gasteiger partial charge in [0.25, 0.3) is 6.26 Å². The van der Waals surface area contributed by atoms with E-state index in [0.717, 1.165) is 5.92 Å². The molecule has 2 rings (SSSR count). The van der Waals surface area contributed by atoms with Gasteiger partial charge in [-0.05, 0) is 43.4 Å². The van der Waals surface area contributed by atoms with E-state index in [9.17, 15) is 0 Å². The summed E-state index contributed by atoms with van der Waals surface area (Å²) in [5, 5.41) is 8.89. The number of rotatable bonds is 3. The smallest absolute Gasteiger partial charge is 0.286 e. The number of nitriles is 1. The zero-order valence-electron chi connectivity index (χ0n) is 11.0. The Balaban J connectivity index is 1.97. The minimum Gasteiger partial charge on any atom is -0.424 e. The van der Waals surface area contributed by atoms with E-state index < -0.39 is 0 Å². The van der Waals surface area contributed by atoms with Gasteiger partial charge in [-0.25, -0.2) is 0 Å². The molecule has 3 unspecified atom stereocenters. The van der Waals surface area contributed by atoms with Crippen LogP contribution in [-0.2, 0) is 4.74 Å². The van der Waals surface area contributed by atoms with Gasteiger partial charge in [-0.1, -0.05) is 39.0 Å². The van der Waals surface area contributed by atoms with Crippen LogP contribution < -0.4 is 0 Å². The van der Waals surface area contributed by atoms with E-state index in [1.165, 1.54) is 57.8 Å². The highest BCUT2D eigenvalue weighted by Gasteiger charge is 2.34. The highest BCUT2D eigenvalue weighted by Crippen LogP contribution is 2.38. The second kappa shape index (κ2) is 6.28. The maximum atomic E-state index is 8.89. The molecule has 0 aromatic rings. The van der Waals surface area contributed by atoms with Crippen LogP contribution >= 0.6 is 0 Å². The Morgan fingerprint density at radius 2 is 1.71 bits per heavy atom. The molecule has 17 heavy (non-hydrogen) atoms. The van der Waals surface area contributed by atoms with Crippen molar-refractivity contribution in [1.29, 1.82) is 5.26 Å². The van der Waals surface area contributed by atoms with Gasteiger partial charge >= 0.3 is 0 Å². The van der Waals surface area contributed by atoms with Gasteiger partial charge in [0, 0.05) is 0 Å². The van der Waals surface area contributed by atoms with Crippen LogP contribution in [0.4, 0.5) is 0 Å². The lowest BCUT2D eigenvalue weighted by molar-refractivity contribution is 0.00738. The molecule has 0 bridgehead atoms. The van der Waals surface area contributed by atoms with Crippen molar-refractivity contribution in [2.45, 2.75) is 70.8 Å². The van der Waals surface area contributed by atoms with Crippen molar-refractivity contribution in [3.8, 4) is 6.26 Å². The molecule has 96 valence electrons. The summed E-state index contributed by atoms with van der Waals surface area (Å²) < 4.78 is 5.47. The lowest BCUT2D eigenvalue weighted by Gasteiger charge is -2.37. The lowest BCUT2D eigenvalue weighted by atomic mass is 9.73. The molecule has 0 heterocycles. The van der Waals surface area contributed by atoms with E-state index in [1.54, 1.807) is 0 Å². The third-order valence-corrected chi connectivity index (χ3v) is 4.74. The molecular formula is C15H25NO. The molecule has 0 aromatic heterocycles. The lowest BCUT2D eigenvalue weighted by Crippen LogP contribution is -2.35. The molecule has 0 N–H and O–H groups in total. The molecule has 0 aliphatic heterocycles. The molecule has 2 aliphatic rings. The van der Waals surface area contributed by atoms with E-state index in [4.69, 9.17) is 10.00 Å². The van der Waals surface area contributed by atoms with Crippen molar-refractivity contribution in [1.82, 2.24) is 0 Å². The van der Waals surface area contributed by atoms with Crippen LogP contribution in [0.25, 0.3) is 0 Å². The maximum absolute atomic E-state index is 8.89. The average molecular weight is 235 g/mol. The summed E-state index contributed by atoms with van der Waals surface area (Å²) in [5.74, 6) is 2.11. The molecule has 2 fully saturated rings. The predicted octanol–water partition coefficient (Wildman–Crippen LogP) is 4.26. The molecule has 2 nitrogen and oxygen atoms in total. The Kier molecular flexibility index (Phi) is 4.71. The van der Waals surface area contributed by atoms with E-state index in [-0.39, 0.29) is 6.10 Å². The minimum absolute atomic E-state index is 0.225. The van der Waals surface area contributed by atoms with Crippen molar-refractivity contribution in [2.75, 3.05) is 0 Å². The first-order valence-corrected chi connectivity index (χ1v) is 7.36. The van der Waals surface area contributed by atoms with E-state index in [1.807, 2.05) is 6.26 Å². The highest BCUT2D eigenvalue weighted by atomic mass is 16.5. The summed E-state index contributed by atoms with van der Waals surface area (Å²) in [6.45, 7) is 2.34. The standard InChI is InChI=1S/C15H25NO/c1-12-6-5-9-14(10-12)15(17-11-16)13-7-3-2-4-8-13/h12-15H,2-10H2,1H3. The van der Waals surface area contributed by atoms with Gasteiger partial charge < -0.3 is 4.74 Å². The first-order valence-electron chi connectivity index (χ1n) is 7.36. The van der Waals surface area contributed by atoms with Crippen molar-refractivity contribution in [3.05, 3.63) is 0 Å². The molecule has 0 radical (unpaired) electrons. The quantitative estimate of drug-likeness (QED) is 0.685. The first-order chi connectivity index (χ1) is 8.31. The third kappa shape index (κ3) is 3.37. The normalized spacial score (nSPS) is 32.7.